The van der Waals surface area contributed by atoms with Crippen LogP contribution in [-0.2, 0) is 9.53 Å². The van der Waals surface area contributed by atoms with Crippen LogP contribution in [0.1, 0.15) is 31.1 Å². The maximum absolute atomic E-state index is 11.8. The maximum atomic E-state index is 11.8. The third-order valence-electron chi connectivity index (χ3n) is 2.85. The van der Waals surface area contributed by atoms with Gasteiger partial charge in [-0.2, -0.15) is 0 Å². The van der Waals surface area contributed by atoms with Crippen molar-refractivity contribution in [2.45, 2.75) is 20.8 Å². The standard InChI is InChI=1S/C14H22N4O3/c1-4-16-11(19)9-18(5-2)13-12(15)10(7-8-17-13)14(20)21-6-3/h7-8H,4-6,9,15H2,1-3H3,(H,16,19). The van der Waals surface area contributed by atoms with Crippen molar-refractivity contribution in [2.75, 3.05) is 36.9 Å². The van der Waals surface area contributed by atoms with Gasteiger partial charge in [-0.15, -0.1) is 0 Å². The lowest BCUT2D eigenvalue weighted by molar-refractivity contribution is -0.119. The first kappa shape index (κ1) is 16.7. The van der Waals surface area contributed by atoms with E-state index in [9.17, 15) is 9.59 Å². The van der Waals surface area contributed by atoms with Crippen molar-refractivity contribution in [3.8, 4) is 0 Å². The summed E-state index contributed by atoms with van der Waals surface area (Å²) >= 11 is 0. The molecule has 7 nitrogen and oxygen atoms in total. The van der Waals surface area contributed by atoms with Gasteiger partial charge in [-0.25, -0.2) is 9.78 Å². The number of pyridine rings is 1. The van der Waals surface area contributed by atoms with Crippen molar-refractivity contribution in [1.29, 1.82) is 0 Å². The number of likely N-dealkylation sites (N-methyl/N-ethyl adjacent to an activating group) is 2. The van der Waals surface area contributed by atoms with Crippen LogP contribution in [0.2, 0.25) is 0 Å². The Labute approximate surface area is 124 Å². The Morgan fingerprint density at radius 3 is 2.67 bits per heavy atom. The van der Waals surface area contributed by atoms with Crippen molar-refractivity contribution in [3.63, 3.8) is 0 Å². The molecule has 0 saturated carbocycles. The first-order valence-electron chi connectivity index (χ1n) is 6.98. The second-order valence-corrected chi connectivity index (χ2v) is 4.28. The van der Waals surface area contributed by atoms with Gasteiger partial charge < -0.3 is 20.7 Å². The number of hydrogen-bond acceptors (Lipinski definition) is 6. The Kier molecular flexibility index (Phi) is 6.45. The molecule has 1 aromatic rings. The molecule has 7 heteroatoms. The number of hydrogen-bond donors (Lipinski definition) is 2. The van der Waals surface area contributed by atoms with Gasteiger partial charge in [-0.05, 0) is 26.8 Å². The van der Waals surface area contributed by atoms with Gasteiger partial charge in [0.2, 0.25) is 5.91 Å². The lowest BCUT2D eigenvalue weighted by Gasteiger charge is -2.23. The molecular weight excluding hydrogens is 272 g/mol. The average molecular weight is 294 g/mol. The third kappa shape index (κ3) is 4.34. The Morgan fingerprint density at radius 2 is 2.10 bits per heavy atom. The van der Waals surface area contributed by atoms with Gasteiger partial charge in [0.15, 0.2) is 5.82 Å². The van der Waals surface area contributed by atoms with Crippen molar-refractivity contribution in [2.24, 2.45) is 0 Å². The number of esters is 1. The molecule has 0 saturated heterocycles. The molecule has 0 radical (unpaired) electrons. The van der Waals surface area contributed by atoms with Crippen molar-refractivity contribution in [3.05, 3.63) is 17.8 Å². The molecule has 1 amide bonds. The molecule has 1 aromatic heterocycles. The Morgan fingerprint density at radius 1 is 1.38 bits per heavy atom. The molecule has 1 rings (SSSR count). The molecule has 0 atom stereocenters. The summed E-state index contributed by atoms with van der Waals surface area (Å²) in [5, 5.41) is 2.72. The Hall–Kier alpha value is -2.31. The second-order valence-electron chi connectivity index (χ2n) is 4.28. The van der Waals surface area contributed by atoms with Gasteiger partial charge in [0, 0.05) is 19.3 Å². The molecule has 1 heterocycles. The van der Waals surface area contributed by atoms with Gasteiger partial charge in [-0.3, -0.25) is 4.79 Å². The minimum atomic E-state index is -0.493. The minimum Gasteiger partial charge on any atom is -0.462 e. The summed E-state index contributed by atoms with van der Waals surface area (Å²) in [6, 6.07) is 1.51. The molecular formula is C14H22N4O3. The number of carbonyl (C=O) groups excluding carboxylic acids is 2. The van der Waals surface area contributed by atoms with Crippen LogP contribution >= 0.6 is 0 Å². The van der Waals surface area contributed by atoms with E-state index in [4.69, 9.17) is 10.5 Å². The number of amides is 1. The molecule has 0 aliphatic carbocycles. The quantitative estimate of drug-likeness (QED) is 0.722. The van der Waals surface area contributed by atoms with E-state index in [1.54, 1.807) is 11.8 Å². The number of nitrogens with zero attached hydrogens (tertiary/aromatic N) is 2. The van der Waals surface area contributed by atoms with Gasteiger partial charge >= 0.3 is 5.97 Å². The van der Waals surface area contributed by atoms with Crippen molar-refractivity contribution in [1.82, 2.24) is 10.3 Å². The molecule has 0 unspecified atom stereocenters. The molecule has 0 fully saturated rings. The number of aromatic nitrogens is 1. The van der Waals surface area contributed by atoms with E-state index in [0.29, 0.717) is 18.9 Å². The summed E-state index contributed by atoms with van der Waals surface area (Å²) < 4.78 is 4.95. The summed E-state index contributed by atoms with van der Waals surface area (Å²) in [6.07, 6.45) is 1.48. The van der Waals surface area contributed by atoms with E-state index in [1.807, 2.05) is 13.8 Å². The molecule has 21 heavy (non-hydrogen) atoms. The first-order valence-corrected chi connectivity index (χ1v) is 6.98. The van der Waals surface area contributed by atoms with E-state index in [1.165, 1.54) is 12.3 Å². The monoisotopic (exact) mass is 294 g/mol. The van der Waals surface area contributed by atoms with Crippen molar-refractivity contribution < 1.29 is 14.3 Å². The SMILES string of the molecule is CCNC(=O)CN(CC)c1nccc(C(=O)OCC)c1N. The number of nitrogens with two attached hydrogens (primary N) is 1. The van der Waals surface area contributed by atoms with Crippen LogP contribution < -0.4 is 16.0 Å². The predicted octanol–water partition coefficient (Wildman–Crippen LogP) is 0.803. The van der Waals surface area contributed by atoms with E-state index in [0.717, 1.165) is 0 Å². The van der Waals surface area contributed by atoms with Crippen molar-refractivity contribution >= 4 is 23.4 Å². The first-order chi connectivity index (χ1) is 10.0. The highest BCUT2D eigenvalue weighted by Gasteiger charge is 2.19. The van der Waals surface area contributed by atoms with E-state index < -0.39 is 5.97 Å². The van der Waals surface area contributed by atoms with Crippen LogP contribution in [0.4, 0.5) is 11.5 Å². The van der Waals surface area contributed by atoms with Crippen LogP contribution in [0, 0.1) is 0 Å². The second kappa shape index (κ2) is 8.08. The minimum absolute atomic E-state index is 0.123. The number of nitrogen functional groups attached to an aromatic ring is 1. The van der Waals surface area contributed by atoms with Crippen LogP contribution in [0.15, 0.2) is 12.3 Å². The van der Waals surface area contributed by atoms with Crippen LogP contribution in [0.25, 0.3) is 0 Å². The maximum Gasteiger partial charge on any atom is 0.340 e. The zero-order valence-corrected chi connectivity index (χ0v) is 12.7. The summed E-state index contributed by atoms with van der Waals surface area (Å²) in [4.78, 5) is 29.4. The molecule has 3 N–H and O–H groups in total. The fourth-order valence-corrected chi connectivity index (χ4v) is 1.86. The van der Waals surface area contributed by atoms with E-state index in [-0.39, 0.29) is 30.3 Å². The Balaban J connectivity index is 3.02. The molecule has 0 aliphatic heterocycles. The largest absolute Gasteiger partial charge is 0.462 e. The molecule has 116 valence electrons. The summed E-state index contributed by atoms with van der Waals surface area (Å²) in [6.45, 7) is 6.96. The van der Waals surface area contributed by atoms with Crippen LogP contribution in [-0.4, -0.2) is 43.1 Å². The average Bonchev–Trinajstić information content (AvgIpc) is 2.46. The highest BCUT2D eigenvalue weighted by Crippen LogP contribution is 2.24. The summed E-state index contributed by atoms with van der Waals surface area (Å²) in [5.74, 6) is -0.205. The van der Waals surface area contributed by atoms with Gasteiger partial charge in [0.05, 0.1) is 24.4 Å². The molecule has 0 bridgehead atoms. The van der Waals surface area contributed by atoms with Gasteiger partial charge in [-0.1, -0.05) is 0 Å². The van der Waals surface area contributed by atoms with Crippen LogP contribution in [0.3, 0.4) is 0 Å². The smallest absolute Gasteiger partial charge is 0.340 e. The molecule has 0 spiro atoms. The topological polar surface area (TPSA) is 97.5 Å². The van der Waals surface area contributed by atoms with Crippen LogP contribution in [0.5, 0.6) is 0 Å². The van der Waals surface area contributed by atoms with Gasteiger partial charge in [0.1, 0.15) is 0 Å². The Bertz CT molecular complexity index is 505. The summed E-state index contributed by atoms with van der Waals surface area (Å²) in [5.41, 5.74) is 6.49. The zero-order chi connectivity index (χ0) is 15.8. The fourth-order valence-electron chi connectivity index (χ4n) is 1.86. The number of anilines is 2. The number of rotatable bonds is 7. The van der Waals surface area contributed by atoms with E-state index in [2.05, 4.69) is 10.3 Å². The normalized spacial score (nSPS) is 10.0. The highest BCUT2D eigenvalue weighted by molar-refractivity contribution is 5.98. The van der Waals surface area contributed by atoms with Gasteiger partial charge in [0.25, 0.3) is 0 Å². The lowest BCUT2D eigenvalue weighted by atomic mass is 10.2. The molecule has 0 aromatic carbocycles. The lowest BCUT2D eigenvalue weighted by Crippen LogP contribution is -2.38. The van der Waals surface area contributed by atoms with E-state index >= 15 is 0 Å². The highest BCUT2D eigenvalue weighted by atomic mass is 16.5. The molecule has 0 aliphatic rings. The number of nitrogens with one attached hydrogen (secondary N) is 1. The predicted molar refractivity (Wildman–Crippen MR) is 81.2 cm³/mol. The third-order valence-corrected chi connectivity index (χ3v) is 2.85. The summed E-state index contributed by atoms with van der Waals surface area (Å²) in [7, 11) is 0. The zero-order valence-electron chi connectivity index (χ0n) is 12.7. The fraction of sp³-hybridized carbons (Fsp3) is 0.500. The number of ether oxygens (including phenoxy) is 1. The number of carbonyl (C=O) groups is 2.